The van der Waals surface area contributed by atoms with Crippen molar-refractivity contribution in [1.82, 2.24) is 35.2 Å². The second-order valence-corrected chi connectivity index (χ2v) is 7.05. The molecule has 0 aromatic carbocycles. The molecule has 13 heteroatoms. The standard InChI is InChI=1S/C17H23N9O4/c18-9(1-8-3-19-5-20-8)16(29)25-10-2-11(28)17(30-12(10)4-27)26-15-13-14(22-6-21-13)23-7-24-15/h3,5-7,9-12,17,27-28H,1-2,4,18H2,(H,19,20)(H,25,29)(H2,21,22,23,24,26)/t9-,10+,11-,12-,17-/m0/s1. The molecule has 0 radical (unpaired) electrons. The topological polar surface area (TPSA) is 200 Å². The highest BCUT2D eigenvalue weighted by molar-refractivity contribution is 5.82. The van der Waals surface area contributed by atoms with E-state index in [-0.39, 0.29) is 19.4 Å². The smallest absolute Gasteiger partial charge is 0.237 e. The lowest BCUT2D eigenvalue weighted by Gasteiger charge is -2.39. The Morgan fingerprint density at radius 3 is 2.97 bits per heavy atom. The fourth-order valence-electron chi connectivity index (χ4n) is 3.39. The minimum absolute atomic E-state index is 0.155. The van der Waals surface area contributed by atoms with E-state index < -0.39 is 36.4 Å². The molecule has 0 saturated carbocycles. The maximum absolute atomic E-state index is 12.5. The van der Waals surface area contributed by atoms with Gasteiger partial charge in [-0.1, -0.05) is 0 Å². The van der Waals surface area contributed by atoms with Crippen LogP contribution in [0.3, 0.4) is 0 Å². The number of aliphatic hydroxyl groups excluding tert-OH is 2. The van der Waals surface area contributed by atoms with Gasteiger partial charge >= 0.3 is 0 Å². The number of amides is 1. The maximum atomic E-state index is 12.5. The van der Waals surface area contributed by atoms with E-state index in [0.717, 1.165) is 5.69 Å². The normalized spacial score (nSPS) is 25.2. The summed E-state index contributed by atoms with van der Waals surface area (Å²) in [5.41, 5.74) is 7.72. The Morgan fingerprint density at radius 1 is 1.33 bits per heavy atom. The number of aromatic amines is 2. The van der Waals surface area contributed by atoms with Crippen LogP contribution < -0.4 is 16.4 Å². The van der Waals surface area contributed by atoms with Crippen LogP contribution in [0, 0.1) is 0 Å². The Morgan fingerprint density at radius 2 is 2.20 bits per heavy atom. The lowest BCUT2D eigenvalue weighted by atomic mass is 9.98. The van der Waals surface area contributed by atoms with Gasteiger partial charge in [0.1, 0.15) is 24.1 Å². The van der Waals surface area contributed by atoms with Crippen molar-refractivity contribution < 1.29 is 19.7 Å². The van der Waals surface area contributed by atoms with Crippen LogP contribution in [-0.2, 0) is 16.0 Å². The number of fused-ring (bicyclic) bond motifs is 1. The van der Waals surface area contributed by atoms with Crippen LogP contribution in [0.2, 0.25) is 0 Å². The lowest BCUT2D eigenvalue weighted by molar-refractivity contribution is -0.143. The molecule has 13 nitrogen and oxygen atoms in total. The van der Waals surface area contributed by atoms with Crippen LogP contribution in [0.15, 0.2) is 25.2 Å². The Hall–Kier alpha value is -3.13. The molecule has 4 rings (SSSR count). The quantitative estimate of drug-likeness (QED) is 0.226. The number of hydrogen-bond donors (Lipinski definition) is 7. The molecule has 8 N–H and O–H groups in total. The van der Waals surface area contributed by atoms with Gasteiger partial charge in [0.2, 0.25) is 5.91 Å². The number of ether oxygens (including phenoxy) is 1. The molecule has 4 heterocycles. The van der Waals surface area contributed by atoms with Gasteiger partial charge in [-0.3, -0.25) is 4.79 Å². The Kier molecular flexibility index (Phi) is 5.85. The largest absolute Gasteiger partial charge is 0.394 e. The summed E-state index contributed by atoms with van der Waals surface area (Å²) in [6.07, 6.45) is 3.79. The number of aliphatic hydroxyl groups is 2. The van der Waals surface area contributed by atoms with Crippen molar-refractivity contribution in [2.24, 2.45) is 5.73 Å². The van der Waals surface area contributed by atoms with Gasteiger partial charge < -0.3 is 41.3 Å². The Bertz CT molecular complexity index is 979. The second kappa shape index (κ2) is 8.71. The lowest BCUT2D eigenvalue weighted by Crippen LogP contribution is -2.59. The van der Waals surface area contributed by atoms with Crippen LogP contribution in [0.5, 0.6) is 0 Å². The zero-order chi connectivity index (χ0) is 21.1. The number of carbonyl (C=O) groups is 1. The van der Waals surface area contributed by atoms with E-state index in [1.807, 2.05) is 0 Å². The van der Waals surface area contributed by atoms with Crippen LogP contribution in [-0.4, -0.2) is 83.2 Å². The number of nitrogens with two attached hydrogens (primary N) is 1. The molecule has 0 bridgehead atoms. The molecule has 5 atom stereocenters. The molecular weight excluding hydrogens is 394 g/mol. The first kappa shape index (κ1) is 20.2. The summed E-state index contributed by atoms with van der Waals surface area (Å²) in [6.45, 7) is -0.352. The van der Waals surface area contributed by atoms with Gasteiger partial charge in [0.25, 0.3) is 0 Å². The third-order valence-electron chi connectivity index (χ3n) is 4.96. The SMILES string of the molecule is N[C@@H](Cc1cnc[nH]1)C(=O)N[C@@H]1C[C@H](O)[C@@H](Nc2ncnc3nc[nH]c23)O[C@H]1CO. The Balaban J connectivity index is 1.39. The van der Waals surface area contributed by atoms with Crippen LogP contribution in [0.4, 0.5) is 5.82 Å². The van der Waals surface area contributed by atoms with Gasteiger partial charge in [-0.2, -0.15) is 0 Å². The summed E-state index contributed by atoms with van der Waals surface area (Å²) in [7, 11) is 0. The number of aromatic nitrogens is 6. The first-order valence-electron chi connectivity index (χ1n) is 9.43. The van der Waals surface area contributed by atoms with Crippen molar-refractivity contribution in [3.63, 3.8) is 0 Å². The molecule has 3 aromatic rings. The molecule has 1 aliphatic heterocycles. The van der Waals surface area contributed by atoms with Crippen molar-refractivity contribution in [1.29, 1.82) is 0 Å². The number of nitrogens with zero attached hydrogens (tertiary/aromatic N) is 4. The molecule has 1 saturated heterocycles. The molecule has 0 aliphatic carbocycles. The Labute approximate surface area is 170 Å². The van der Waals surface area contributed by atoms with Gasteiger partial charge in [-0.25, -0.2) is 19.9 Å². The van der Waals surface area contributed by atoms with E-state index in [1.54, 1.807) is 6.20 Å². The number of imidazole rings is 2. The van der Waals surface area contributed by atoms with E-state index >= 15 is 0 Å². The number of nitrogens with one attached hydrogen (secondary N) is 4. The summed E-state index contributed by atoms with van der Waals surface area (Å²) < 4.78 is 5.80. The molecule has 0 spiro atoms. The molecule has 160 valence electrons. The van der Waals surface area contributed by atoms with Crippen molar-refractivity contribution >= 4 is 22.9 Å². The van der Waals surface area contributed by atoms with E-state index in [0.29, 0.717) is 17.0 Å². The van der Waals surface area contributed by atoms with E-state index in [2.05, 4.69) is 40.5 Å². The molecule has 3 aromatic heterocycles. The fraction of sp³-hybridized carbons (Fsp3) is 0.471. The molecule has 30 heavy (non-hydrogen) atoms. The van der Waals surface area contributed by atoms with Gasteiger partial charge in [-0.05, 0) is 0 Å². The fourth-order valence-corrected chi connectivity index (χ4v) is 3.39. The summed E-state index contributed by atoms with van der Waals surface area (Å²) >= 11 is 0. The first-order chi connectivity index (χ1) is 14.5. The number of anilines is 1. The van der Waals surface area contributed by atoms with Crippen LogP contribution >= 0.6 is 0 Å². The zero-order valence-corrected chi connectivity index (χ0v) is 15.9. The van der Waals surface area contributed by atoms with Gasteiger partial charge in [0.15, 0.2) is 17.7 Å². The molecule has 1 fully saturated rings. The van der Waals surface area contributed by atoms with Crippen molar-refractivity contribution in [3.05, 3.63) is 30.9 Å². The minimum atomic E-state index is -0.977. The molecule has 0 unspecified atom stereocenters. The van der Waals surface area contributed by atoms with E-state index in [1.165, 1.54) is 19.0 Å². The average molecular weight is 417 g/mol. The maximum Gasteiger partial charge on any atom is 0.237 e. The van der Waals surface area contributed by atoms with Gasteiger partial charge in [0, 0.05) is 24.7 Å². The monoisotopic (exact) mass is 417 g/mol. The van der Waals surface area contributed by atoms with E-state index in [9.17, 15) is 15.0 Å². The molecular formula is C17H23N9O4. The third kappa shape index (κ3) is 4.23. The van der Waals surface area contributed by atoms with Crippen molar-refractivity contribution in [3.8, 4) is 0 Å². The highest BCUT2D eigenvalue weighted by atomic mass is 16.5. The predicted molar refractivity (Wildman–Crippen MR) is 104 cm³/mol. The van der Waals surface area contributed by atoms with E-state index in [4.69, 9.17) is 10.5 Å². The summed E-state index contributed by atoms with van der Waals surface area (Å²) in [6, 6.07) is -1.42. The first-order valence-corrected chi connectivity index (χ1v) is 9.43. The minimum Gasteiger partial charge on any atom is -0.394 e. The summed E-state index contributed by atoms with van der Waals surface area (Å²) in [5, 5.41) is 26.1. The highest BCUT2D eigenvalue weighted by Gasteiger charge is 2.38. The molecule has 1 aliphatic rings. The average Bonchev–Trinajstić information content (AvgIpc) is 3.42. The van der Waals surface area contributed by atoms with Crippen molar-refractivity contribution in [2.45, 2.75) is 43.4 Å². The summed E-state index contributed by atoms with van der Waals surface area (Å²) in [4.78, 5) is 34.4. The number of carbonyl (C=O) groups excluding carboxylic acids is 1. The van der Waals surface area contributed by atoms with Gasteiger partial charge in [-0.15, -0.1) is 0 Å². The number of H-pyrrole nitrogens is 2. The van der Waals surface area contributed by atoms with Crippen molar-refractivity contribution in [2.75, 3.05) is 11.9 Å². The van der Waals surface area contributed by atoms with Gasteiger partial charge in [0.05, 0.1) is 31.3 Å². The second-order valence-electron chi connectivity index (χ2n) is 7.05. The highest BCUT2D eigenvalue weighted by Crippen LogP contribution is 2.24. The van der Waals surface area contributed by atoms with Crippen LogP contribution in [0.25, 0.3) is 11.2 Å². The summed E-state index contributed by atoms with van der Waals surface area (Å²) in [5.74, 6) is -0.00691. The number of hydrogen-bond acceptors (Lipinski definition) is 10. The number of rotatable bonds is 7. The zero-order valence-electron chi connectivity index (χ0n) is 15.9. The molecule has 1 amide bonds. The van der Waals surface area contributed by atoms with Crippen LogP contribution in [0.1, 0.15) is 12.1 Å². The third-order valence-corrected chi connectivity index (χ3v) is 4.96. The predicted octanol–water partition coefficient (Wildman–Crippen LogP) is -1.99.